The van der Waals surface area contributed by atoms with Crippen LogP contribution in [-0.2, 0) is 16.2 Å². The van der Waals surface area contributed by atoms with E-state index in [4.69, 9.17) is 10.5 Å². The Morgan fingerprint density at radius 3 is 2.42 bits per heavy atom. The molecule has 1 saturated heterocycles. The number of hydrogen-bond acceptors (Lipinski definition) is 3. The fourth-order valence-electron chi connectivity index (χ4n) is 2.62. The van der Waals surface area contributed by atoms with Crippen molar-refractivity contribution in [3.8, 4) is 5.75 Å². The van der Waals surface area contributed by atoms with Crippen LogP contribution in [0, 0.1) is 5.92 Å². The molecular formula is C18H17BrN2O3. The Balaban J connectivity index is 1.62. The van der Waals surface area contributed by atoms with Crippen LogP contribution in [0.4, 0.5) is 5.69 Å². The van der Waals surface area contributed by atoms with Crippen molar-refractivity contribution in [1.82, 2.24) is 0 Å². The van der Waals surface area contributed by atoms with E-state index in [1.165, 1.54) is 0 Å². The summed E-state index contributed by atoms with van der Waals surface area (Å²) in [5.41, 5.74) is 7.11. The summed E-state index contributed by atoms with van der Waals surface area (Å²) >= 11 is 3.40. The Bertz CT molecular complexity index is 744. The van der Waals surface area contributed by atoms with Crippen molar-refractivity contribution < 1.29 is 14.3 Å². The van der Waals surface area contributed by atoms with Gasteiger partial charge in [-0.15, -0.1) is 0 Å². The Morgan fingerprint density at radius 1 is 1.17 bits per heavy atom. The number of carbonyl (C=O) groups is 2. The van der Waals surface area contributed by atoms with Crippen molar-refractivity contribution in [2.24, 2.45) is 11.7 Å². The van der Waals surface area contributed by atoms with Crippen molar-refractivity contribution in [2.45, 2.75) is 13.0 Å². The first kappa shape index (κ1) is 16.5. The summed E-state index contributed by atoms with van der Waals surface area (Å²) in [5.74, 6) is -0.201. The number of amides is 2. The molecule has 1 atom stereocenters. The number of carbonyl (C=O) groups excluding carboxylic acids is 2. The summed E-state index contributed by atoms with van der Waals surface area (Å²) in [6, 6.07) is 15.2. The molecule has 1 unspecified atom stereocenters. The molecule has 1 aliphatic rings. The summed E-state index contributed by atoms with van der Waals surface area (Å²) in [7, 11) is 0. The molecule has 2 amide bonds. The Hall–Kier alpha value is -2.34. The molecule has 2 N–H and O–H groups in total. The lowest BCUT2D eigenvalue weighted by molar-refractivity contribution is -0.123. The molecule has 124 valence electrons. The topological polar surface area (TPSA) is 72.6 Å². The molecular weight excluding hydrogens is 372 g/mol. The molecule has 24 heavy (non-hydrogen) atoms. The average Bonchev–Trinajstić information content (AvgIpc) is 2.97. The molecule has 0 saturated carbocycles. The van der Waals surface area contributed by atoms with Gasteiger partial charge in [0.1, 0.15) is 12.4 Å². The fraction of sp³-hybridized carbons (Fsp3) is 0.222. The normalized spacial score (nSPS) is 17.1. The number of nitrogens with two attached hydrogens (primary N) is 1. The van der Waals surface area contributed by atoms with Crippen LogP contribution in [0.1, 0.15) is 12.0 Å². The van der Waals surface area contributed by atoms with Crippen LogP contribution in [0.25, 0.3) is 0 Å². The number of rotatable bonds is 5. The van der Waals surface area contributed by atoms with Gasteiger partial charge in [0, 0.05) is 23.1 Å². The fourth-order valence-corrected chi connectivity index (χ4v) is 2.88. The van der Waals surface area contributed by atoms with E-state index in [1.807, 2.05) is 48.5 Å². The molecule has 1 heterocycles. The van der Waals surface area contributed by atoms with Gasteiger partial charge in [-0.2, -0.15) is 0 Å². The van der Waals surface area contributed by atoms with E-state index in [9.17, 15) is 9.59 Å². The quantitative estimate of drug-likeness (QED) is 0.855. The summed E-state index contributed by atoms with van der Waals surface area (Å²) in [5, 5.41) is 0. The molecule has 2 aromatic rings. The molecule has 6 heteroatoms. The van der Waals surface area contributed by atoms with Gasteiger partial charge in [0.15, 0.2) is 0 Å². The number of hydrogen-bond donors (Lipinski definition) is 1. The first-order valence-electron chi connectivity index (χ1n) is 7.60. The summed E-state index contributed by atoms with van der Waals surface area (Å²) in [6.07, 6.45) is 0.178. The molecule has 3 rings (SSSR count). The van der Waals surface area contributed by atoms with E-state index < -0.39 is 11.8 Å². The third-order valence-electron chi connectivity index (χ3n) is 3.99. The Labute approximate surface area is 148 Å². The van der Waals surface area contributed by atoms with Crippen molar-refractivity contribution in [3.05, 3.63) is 58.6 Å². The van der Waals surface area contributed by atoms with E-state index >= 15 is 0 Å². The molecule has 0 spiro atoms. The summed E-state index contributed by atoms with van der Waals surface area (Å²) in [6.45, 7) is 0.812. The maximum atomic E-state index is 12.0. The van der Waals surface area contributed by atoms with Crippen LogP contribution in [0.3, 0.4) is 0 Å². The second kappa shape index (κ2) is 7.05. The highest BCUT2D eigenvalue weighted by Gasteiger charge is 2.33. The number of ether oxygens (including phenoxy) is 1. The second-order valence-electron chi connectivity index (χ2n) is 5.72. The summed E-state index contributed by atoms with van der Waals surface area (Å²) in [4.78, 5) is 24.8. The van der Waals surface area contributed by atoms with Gasteiger partial charge in [-0.05, 0) is 42.0 Å². The van der Waals surface area contributed by atoms with E-state index in [0.29, 0.717) is 13.2 Å². The maximum Gasteiger partial charge on any atom is 0.227 e. The lowest BCUT2D eigenvalue weighted by Crippen LogP contribution is -2.28. The maximum absolute atomic E-state index is 12.0. The van der Waals surface area contributed by atoms with Gasteiger partial charge in [-0.3, -0.25) is 9.59 Å². The lowest BCUT2D eigenvalue weighted by atomic mass is 10.1. The second-order valence-corrected chi connectivity index (χ2v) is 6.63. The van der Waals surface area contributed by atoms with Gasteiger partial charge < -0.3 is 15.4 Å². The molecule has 1 aliphatic heterocycles. The summed E-state index contributed by atoms with van der Waals surface area (Å²) < 4.78 is 6.77. The third-order valence-corrected chi connectivity index (χ3v) is 4.52. The monoisotopic (exact) mass is 388 g/mol. The van der Waals surface area contributed by atoms with Gasteiger partial charge in [0.25, 0.3) is 0 Å². The third kappa shape index (κ3) is 3.76. The molecule has 0 aliphatic carbocycles. The van der Waals surface area contributed by atoms with Crippen molar-refractivity contribution in [2.75, 3.05) is 11.4 Å². The van der Waals surface area contributed by atoms with E-state index in [-0.39, 0.29) is 12.3 Å². The van der Waals surface area contributed by atoms with Gasteiger partial charge in [-0.25, -0.2) is 0 Å². The minimum atomic E-state index is -0.430. The molecule has 1 fully saturated rings. The highest BCUT2D eigenvalue weighted by molar-refractivity contribution is 9.10. The van der Waals surface area contributed by atoms with E-state index in [2.05, 4.69) is 15.9 Å². The van der Waals surface area contributed by atoms with Crippen molar-refractivity contribution >= 4 is 33.4 Å². The van der Waals surface area contributed by atoms with Crippen molar-refractivity contribution in [3.63, 3.8) is 0 Å². The molecule has 2 aromatic carbocycles. The zero-order valence-corrected chi connectivity index (χ0v) is 14.5. The first-order chi connectivity index (χ1) is 11.5. The van der Waals surface area contributed by atoms with Crippen LogP contribution in [0.2, 0.25) is 0 Å². The average molecular weight is 389 g/mol. The highest BCUT2D eigenvalue weighted by Crippen LogP contribution is 2.27. The van der Waals surface area contributed by atoms with Crippen LogP contribution >= 0.6 is 15.9 Å². The first-order valence-corrected chi connectivity index (χ1v) is 8.39. The predicted octanol–water partition coefficient (Wildman–Crippen LogP) is 2.87. The zero-order valence-electron chi connectivity index (χ0n) is 12.9. The van der Waals surface area contributed by atoms with Crippen molar-refractivity contribution in [1.29, 1.82) is 0 Å². The Morgan fingerprint density at radius 2 is 1.83 bits per heavy atom. The SMILES string of the molecule is NC(=O)C1CC(=O)N(c2ccc(OCc3ccc(Br)cc3)cc2)C1. The number of benzene rings is 2. The molecule has 0 aromatic heterocycles. The van der Waals surface area contributed by atoms with Crippen LogP contribution in [0.5, 0.6) is 5.75 Å². The smallest absolute Gasteiger partial charge is 0.227 e. The predicted molar refractivity (Wildman–Crippen MR) is 94.6 cm³/mol. The van der Waals surface area contributed by atoms with Crippen LogP contribution in [-0.4, -0.2) is 18.4 Å². The number of nitrogens with zero attached hydrogens (tertiary/aromatic N) is 1. The van der Waals surface area contributed by atoms with Gasteiger partial charge >= 0.3 is 0 Å². The minimum absolute atomic E-state index is 0.0812. The standard InChI is InChI=1S/C18H17BrN2O3/c19-14-3-1-12(2-4-14)11-24-16-7-5-15(6-8-16)21-10-13(18(20)23)9-17(21)22/h1-8,13H,9-11H2,(H2,20,23). The Kier molecular flexibility index (Phi) is 4.85. The van der Waals surface area contributed by atoms with Crippen LogP contribution < -0.4 is 15.4 Å². The van der Waals surface area contributed by atoms with Gasteiger partial charge in [0.2, 0.25) is 11.8 Å². The van der Waals surface area contributed by atoms with Gasteiger partial charge in [-0.1, -0.05) is 28.1 Å². The largest absolute Gasteiger partial charge is 0.489 e. The number of primary amides is 1. The lowest BCUT2D eigenvalue weighted by Gasteiger charge is -2.16. The number of anilines is 1. The van der Waals surface area contributed by atoms with E-state index in [1.54, 1.807) is 4.90 Å². The van der Waals surface area contributed by atoms with Crippen LogP contribution in [0.15, 0.2) is 53.0 Å². The number of halogens is 1. The highest BCUT2D eigenvalue weighted by atomic mass is 79.9. The van der Waals surface area contributed by atoms with Gasteiger partial charge in [0.05, 0.1) is 5.92 Å². The molecule has 5 nitrogen and oxygen atoms in total. The zero-order chi connectivity index (χ0) is 17.1. The molecule has 0 radical (unpaired) electrons. The van der Waals surface area contributed by atoms with E-state index in [0.717, 1.165) is 21.5 Å². The molecule has 0 bridgehead atoms. The minimum Gasteiger partial charge on any atom is -0.489 e.